The van der Waals surface area contributed by atoms with Crippen LogP contribution < -0.4 is 4.57 Å². The van der Waals surface area contributed by atoms with Crippen molar-refractivity contribution >= 4 is 17.6 Å². The first-order valence-electron chi connectivity index (χ1n) is 8.87. The highest BCUT2D eigenvalue weighted by atomic mass is 16.6. The number of nitro groups is 1. The van der Waals surface area contributed by atoms with Gasteiger partial charge in [-0.3, -0.25) is 10.1 Å². The molecular formula is C20H23N2O6+. The lowest BCUT2D eigenvalue weighted by Gasteiger charge is -2.16. The van der Waals surface area contributed by atoms with E-state index >= 15 is 0 Å². The first-order valence-corrected chi connectivity index (χ1v) is 8.87. The molecular weight excluding hydrogens is 364 g/mol. The third-order valence-electron chi connectivity index (χ3n) is 4.56. The van der Waals surface area contributed by atoms with Gasteiger partial charge in [0.25, 0.3) is 5.69 Å². The number of ether oxygens (including phenoxy) is 2. The number of pyridine rings is 1. The minimum atomic E-state index is -0.658. The van der Waals surface area contributed by atoms with Crippen molar-refractivity contribution in [1.29, 1.82) is 0 Å². The van der Waals surface area contributed by atoms with Crippen LogP contribution in [0.3, 0.4) is 0 Å². The fourth-order valence-corrected chi connectivity index (χ4v) is 3.09. The summed E-state index contributed by atoms with van der Waals surface area (Å²) in [5.41, 5.74) is 1.35. The van der Waals surface area contributed by atoms with Crippen LogP contribution in [0.2, 0.25) is 0 Å². The number of carbonyl (C=O) groups is 2. The monoisotopic (exact) mass is 387 g/mol. The maximum atomic E-state index is 12.8. The van der Waals surface area contributed by atoms with E-state index < -0.39 is 16.9 Å². The molecule has 0 bridgehead atoms. The van der Waals surface area contributed by atoms with Crippen LogP contribution in [0.15, 0.2) is 24.3 Å². The molecule has 0 aliphatic rings. The number of aromatic nitrogens is 1. The van der Waals surface area contributed by atoms with E-state index in [4.69, 9.17) is 9.47 Å². The highest BCUT2D eigenvalue weighted by Crippen LogP contribution is 2.37. The quantitative estimate of drug-likeness (QED) is 0.327. The maximum Gasteiger partial charge on any atom is 0.345 e. The molecule has 0 spiro atoms. The Kier molecular flexibility index (Phi) is 6.45. The average Bonchev–Trinajstić information content (AvgIpc) is 2.66. The molecule has 0 radical (unpaired) electrons. The first-order chi connectivity index (χ1) is 13.3. The largest absolute Gasteiger partial charge is 0.462 e. The molecule has 1 aromatic heterocycles. The molecule has 8 heteroatoms. The Balaban J connectivity index is 3.05. The second-order valence-corrected chi connectivity index (χ2v) is 6.07. The normalized spacial score (nSPS) is 10.5. The van der Waals surface area contributed by atoms with E-state index in [9.17, 15) is 19.7 Å². The number of hydrogen-bond acceptors (Lipinski definition) is 6. The lowest BCUT2D eigenvalue weighted by atomic mass is 9.91. The Bertz CT molecular complexity index is 907. The van der Waals surface area contributed by atoms with Crippen LogP contribution in [-0.4, -0.2) is 30.1 Å². The van der Waals surface area contributed by atoms with Crippen molar-refractivity contribution in [3.8, 4) is 11.1 Å². The summed E-state index contributed by atoms with van der Waals surface area (Å²) in [7, 11) is 1.71. The maximum absolute atomic E-state index is 12.8. The van der Waals surface area contributed by atoms with Crippen molar-refractivity contribution in [2.24, 2.45) is 7.05 Å². The summed E-state index contributed by atoms with van der Waals surface area (Å²) < 4.78 is 12.1. The molecule has 0 unspecified atom stereocenters. The van der Waals surface area contributed by atoms with Gasteiger partial charge >= 0.3 is 11.9 Å². The molecule has 148 valence electrons. The molecule has 28 heavy (non-hydrogen) atoms. The van der Waals surface area contributed by atoms with Crippen molar-refractivity contribution in [2.75, 3.05) is 13.2 Å². The molecule has 0 atom stereocenters. The molecule has 0 fully saturated rings. The van der Waals surface area contributed by atoms with Crippen molar-refractivity contribution in [2.45, 2.75) is 27.7 Å². The van der Waals surface area contributed by atoms with Gasteiger partial charge in [0.2, 0.25) is 0 Å². The van der Waals surface area contributed by atoms with Crippen LogP contribution in [-0.2, 0) is 16.5 Å². The van der Waals surface area contributed by atoms with Gasteiger partial charge in [0.1, 0.15) is 18.2 Å². The number of carbonyl (C=O) groups excluding carboxylic acids is 2. The van der Waals surface area contributed by atoms with Gasteiger partial charge in [-0.1, -0.05) is 12.1 Å². The first kappa shape index (κ1) is 21.0. The van der Waals surface area contributed by atoms with E-state index in [1.165, 1.54) is 18.2 Å². The highest BCUT2D eigenvalue weighted by molar-refractivity contribution is 6.07. The molecule has 0 saturated heterocycles. The Morgan fingerprint density at radius 3 is 1.89 bits per heavy atom. The van der Waals surface area contributed by atoms with Gasteiger partial charge in [-0.2, -0.15) is 0 Å². The summed E-state index contributed by atoms with van der Waals surface area (Å²) >= 11 is 0. The average molecular weight is 387 g/mol. The topological polar surface area (TPSA) is 99.6 Å². The fourth-order valence-electron chi connectivity index (χ4n) is 3.09. The number of nitro benzene ring substituents is 1. The zero-order valence-corrected chi connectivity index (χ0v) is 16.6. The third kappa shape index (κ3) is 3.71. The summed E-state index contributed by atoms with van der Waals surface area (Å²) in [6, 6.07) is 5.98. The molecule has 0 amide bonds. The number of rotatable bonds is 6. The van der Waals surface area contributed by atoms with Gasteiger partial charge in [-0.05, 0) is 19.9 Å². The van der Waals surface area contributed by atoms with Gasteiger partial charge in [0.05, 0.1) is 23.7 Å². The molecule has 2 aromatic rings. The van der Waals surface area contributed by atoms with Crippen LogP contribution in [0, 0.1) is 24.0 Å². The molecule has 2 rings (SSSR count). The van der Waals surface area contributed by atoms with E-state index in [-0.39, 0.29) is 41.2 Å². The van der Waals surface area contributed by atoms with E-state index in [1.807, 2.05) is 0 Å². The molecule has 0 saturated carbocycles. The third-order valence-corrected chi connectivity index (χ3v) is 4.56. The smallest absolute Gasteiger partial charge is 0.345 e. The Labute approximate surface area is 162 Å². The number of nitrogens with zero attached hydrogens (tertiary/aromatic N) is 2. The highest BCUT2D eigenvalue weighted by Gasteiger charge is 2.36. The van der Waals surface area contributed by atoms with Crippen molar-refractivity contribution in [3.63, 3.8) is 0 Å². The number of hydrogen-bond donors (Lipinski definition) is 0. The number of benzene rings is 1. The van der Waals surface area contributed by atoms with Gasteiger partial charge < -0.3 is 9.47 Å². The van der Waals surface area contributed by atoms with Crippen molar-refractivity contribution in [3.05, 3.63) is 56.9 Å². The summed E-state index contributed by atoms with van der Waals surface area (Å²) in [6.07, 6.45) is 0. The SMILES string of the molecule is CCOC(=O)c1c(-c2ccccc2[N+](=O)[O-])c(C(=O)OCC)c(C)[n+](C)c1C. The fraction of sp³-hybridized carbons (Fsp3) is 0.350. The molecule has 1 aromatic carbocycles. The van der Waals surface area contributed by atoms with Crippen LogP contribution >= 0.6 is 0 Å². The predicted octanol–water partition coefficient (Wildman–Crippen LogP) is 3.06. The lowest BCUT2D eigenvalue weighted by molar-refractivity contribution is -0.683. The van der Waals surface area contributed by atoms with Crippen LogP contribution in [0.4, 0.5) is 5.69 Å². The second-order valence-electron chi connectivity index (χ2n) is 6.07. The summed E-state index contributed by atoms with van der Waals surface area (Å²) in [5.74, 6) is -1.32. The van der Waals surface area contributed by atoms with Gasteiger partial charge in [0.15, 0.2) is 11.4 Å². The van der Waals surface area contributed by atoms with E-state index in [0.29, 0.717) is 11.4 Å². The number of para-hydroxylation sites is 1. The standard InChI is InChI=1S/C20H23N2O6/c1-6-27-19(23)16-12(3)21(5)13(4)17(20(24)28-7-2)18(16)14-10-8-9-11-15(14)22(25)26/h8-11H,6-7H2,1-5H3/q+1. The summed E-state index contributed by atoms with van der Waals surface area (Å²) in [4.78, 5) is 36.6. The van der Waals surface area contributed by atoms with Gasteiger partial charge in [-0.25, -0.2) is 14.2 Å². The molecule has 8 nitrogen and oxygen atoms in total. The van der Waals surface area contributed by atoms with Crippen LogP contribution in [0.1, 0.15) is 46.0 Å². The molecule has 1 heterocycles. The van der Waals surface area contributed by atoms with E-state index in [1.54, 1.807) is 45.4 Å². The zero-order chi connectivity index (χ0) is 21.0. The summed E-state index contributed by atoms with van der Waals surface area (Å²) in [6.45, 7) is 6.98. The second kappa shape index (κ2) is 8.60. The Morgan fingerprint density at radius 2 is 1.46 bits per heavy atom. The van der Waals surface area contributed by atoms with Crippen LogP contribution in [0.25, 0.3) is 11.1 Å². The minimum Gasteiger partial charge on any atom is -0.462 e. The van der Waals surface area contributed by atoms with Gasteiger partial charge in [-0.15, -0.1) is 0 Å². The predicted molar refractivity (Wildman–Crippen MR) is 101 cm³/mol. The van der Waals surface area contributed by atoms with Crippen molar-refractivity contribution < 1.29 is 28.6 Å². The summed E-state index contributed by atoms with van der Waals surface area (Å²) in [5, 5.41) is 11.6. The lowest BCUT2D eigenvalue weighted by Crippen LogP contribution is -2.40. The molecule has 0 aliphatic carbocycles. The van der Waals surface area contributed by atoms with Crippen molar-refractivity contribution in [1.82, 2.24) is 0 Å². The minimum absolute atomic E-state index is 0.104. The Morgan fingerprint density at radius 1 is 1.00 bits per heavy atom. The van der Waals surface area contributed by atoms with E-state index in [2.05, 4.69) is 0 Å². The van der Waals surface area contributed by atoms with Gasteiger partial charge in [0, 0.05) is 25.5 Å². The van der Waals surface area contributed by atoms with Crippen LogP contribution in [0.5, 0.6) is 0 Å². The molecule has 0 N–H and O–H groups in total. The number of esters is 2. The Hall–Kier alpha value is -3.29. The van der Waals surface area contributed by atoms with E-state index in [0.717, 1.165) is 0 Å². The molecule has 0 aliphatic heterocycles. The zero-order valence-electron chi connectivity index (χ0n) is 16.6.